The number of rotatable bonds is 4. The second kappa shape index (κ2) is 4.67. The number of H-pyrrole nitrogens is 1. The Morgan fingerprint density at radius 2 is 2.00 bits per heavy atom. The highest BCUT2D eigenvalue weighted by atomic mass is 19.4. The van der Waals surface area contributed by atoms with Gasteiger partial charge in [-0.25, -0.2) is 0 Å². The predicted octanol–water partition coefficient (Wildman–Crippen LogP) is 3.08. The van der Waals surface area contributed by atoms with Crippen molar-refractivity contribution < 1.29 is 22.6 Å². The monoisotopic (exact) mass is 245 g/mol. The van der Waals surface area contributed by atoms with Crippen molar-refractivity contribution in [3.63, 3.8) is 0 Å². The normalized spacial score (nSPS) is 11.9. The van der Waals surface area contributed by atoms with Crippen molar-refractivity contribution in [2.75, 3.05) is 13.4 Å². The minimum atomic E-state index is -4.33. The number of alkyl halides is 3. The highest BCUT2D eigenvalue weighted by Crippen LogP contribution is 2.20. The van der Waals surface area contributed by atoms with E-state index in [1.165, 1.54) is 0 Å². The summed E-state index contributed by atoms with van der Waals surface area (Å²) in [5.41, 5.74) is 0.938. The molecule has 17 heavy (non-hydrogen) atoms. The smallest absolute Gasteiger partial charge is 0.411 e. The molecule has 0 spiro atoms. The lowest BCUT2D eigenvalue weighted by atomic mass is 10.2. The third kappa shape index (κ3) is 3.39. The summed E-state index contributed by atoms with van der Waals surface area (Å²) < 4.78 is 44.7. The molecule has 92 valence electrons. The Morgan fingerprint density at radius 3 is 2.76 bits per heavy atom. The number of aromatic nitrogens is 1. The van der Waals surface area contributed by atoms with Crippen LogP contribution >= 0.6 is 0 Å². The molecule has 0 fully saturated rings. The highest BCUT2D eigenvalue weighted by Gasteiger charge is 2.27. The van der Waals surface area contributed by atoms with Crippen LogP contribution in [0.2, 0.25) is 0 Å². The van der Waals surface area contributed by atoms with Gasteiger partial charge >= 0.3 is 6.18 Å². The first-order valence-electron chi connectivity index (χ1n) is 4.89. The van der Waals surface area contributed by atoms with Gasteiger partial charge in [-0.2, -0.15) is 13.2 Å². The molecule has 0 aliphatic rings. The maximum absolute atomic E-state index is 11.8. The fourth-order valence-corrected chi connectivity index (χ4v) is 1.39. The molecule has 0 aliphatic heterocycles. The van der Waals surface area contributed by atoms with Crippen molar-refractivity contribution in [3.8, 4) is 5.75 Å². The van der Waals surface area contributed by atoms with Gasteiger partial charge < -0.3 is 14.5 Å². The lowest BCUT2D eigenvalue weighted by Crippen LogP contribution is -2.19. The molecule has 1 aromatic heterocycles. The topological polar surface area (TPSA) is 34.2 Å². The van der Waals surface area contributed by atoms with E-state index in [0.717, 1.165) is 10.9 Å². The average molecular weight is 245 g/mol. The Bertz CT molecular complexity index is 493. The zero-order chi connectivity index (χ0) is 12.3. The van der Waals surface area contributed by atoms with Crippen LogP contribution in [0.25, 0.3) is 10.9 Å². The molecule has 0 bridgehead atoms. The molecule has 2 aromatic rings. The van der Waals surface area contributed by atoms with E-state index in [1.807, 2.05) is 6.07 Å². The van der Waals surface area contributed by atoms with Crippen LogP contribution in [0.3, 0.4) is 0 Å². The van der Waals surface area contributed by atoms with E-state index in [0.29, 0.717) is 5.75 Å². The summed E-state index contributed by atoms with van der Waals surface area (Å²) in [4.78, 5) is 3.00. The van der Waals surface area contributed by atoms with Gasteiger partial charge in [-0.1, -0.05) is 0 Å². The summed E-state index contributed by atoms with van der Waals surface area (Å²) >= 11 is 0. The maximum atomic E-state index is 11.8. The molecular formula is C11H10F3NO2. The summed E-state index contributed by atoms with van der Waals surface area (Å²) in [6, 6.07) is 7.02. The van der Waals surface area contributed by atoms with Crippen LogP contribution in [0.5, 0.6) is 5.75 Å². The second-order valence-electron chi connectivity index (χ2n) is 3.45. The van der Waals surface area contributed by atoms with Gasteiger partial charge in [0.15, 0.2) is 6.79 Å². The molecule has 0 amide bonds. The fraction of sp³-hybridized carbons (Fsp3) is 0.273. The molecule has 0 unspecified atom stereocenters. The Morgan fingerprint density at radius 1 is 1.18 bits per heavy atom. The van der Waals surface area contributed by atoms with Crippen LogP contribution in [0, 0.1) is 0 Å². The standard InChI is InChI=1S/C11H10F3NO2/c12-11(13,14)6-16-7-17-9-1-2-10-8(5-9)3-4-15-10/h1-5,15H,6-7H2. The molecule has 1 aromatic carbocycles. The second-order valence-corrected chi connectivity index (χ2v) is 3.45. The molecule has 0 saturated carbocycles. The molecule has 6 heteroatoms. The van der Waals surface area contributed by atoms with E-state index >= 15 is 0 Å². The zero-order valence-corrected chi connectivity index (χ0v) is 8.75. The number of benzene rings is 1. The third-order valence-corrected chi connectivity index (χ3v) is 2.10. The van der Waals surface area contributed by atoms with E-state index in [1.54, 1.807) is 24.4 Å². The number of aromatic amines is 1. The number of halogens is 3. The number of hydrogen-bond donors (Lipinski definition) is 1. The lowest BCUT2D eigenvalue weighted by molar-refractivity contribution is -0.186. The van der Waals surface area contributed by atoms with Crippen molar-refractivity contribution in [2.24, 2.45) is 0 Å². The number of fused-ring (bicyclic) bond motifs is 1. The molecule has 0 atom stereocenters. The zero-order valence-electron chi connectivity index (χ0n) is 8.75. The van der Waals surface area contributed by atoms with Crippen LogP contribution in [0.15, 0.2) is 30.5 Å². The molecule has 2 rings (SSSR count). The van der Waals surface area contributed by atoms with Gasteiger partial charge in [0.25, 0.3) is 0 Å². The third-order valence-electron chi connectivity index (χ3n) is 2.10. The summed E-state index contributed by atoms with van der Waals surface area (Å²) in [6.45, 7) is -1.73. The predicted molar refractivity (Wildman–Crippen MR) is 55.8 cm³/mol. The van der Waals surface area contributed by atoms with Crippen LogP contribution in [-0.4, -0.2) is 24.6 Å². The fourth-order valence-electron chi connectivity index (χ4n) is 1.39. The molecule has 3 nitrogen and oxygen atoms in total. The Hall–Kier alpha value is -1.69. The quantitative estimate of drug-likeness (QED) is 0.663. The largest absolute Gasteiger partial charge is 0.468 e. The van der Waals surface area contributed by atoms with Crippen molar-refractivity contribution in [1.29, 1.82) is 0 Å². The first-order chi connectivity index (χ1) is 8.04. The van der Waals surface area contributed by atoms with Crippen LogP contribution in [-0.2, 0) is 4.74 Å². The van der Waals surface area contributed by atoms with E-state index in [9.17, 15) is 13.2 Å². The van der Waals surface area contributed by atoms with Gasteiger partial charge in [-0.05, 0) is 24.3 Å². The minimum Gasteiger partial charge on any atom is -0.468 e. The van der Waals surface area contributed by atoms with E-state index in [-0.39, 0.29) is 0 Å². The summed E-state index contributed by atoms with van der Waals surface area (Å²) in [5, 5.41) is 0.929. The van der Waals surface area contributed by atoms with Gasteiger partial charge in [0.1, 0.15) is 12.4 Å². The molecule has 0 saturated heterocycles. The summed E-state index contributed by atoms with van der Waals surface area (Å²) in [6.07, 6.45) is -2.55. The van der Waals surface area contributed by atoms with Gasteiger partial charge in [0, 0.05) is 17.1 Å². The van der Waals surface area contributed by atoms with Crippen molar-refractivity contribution in [3.05, 3.63) is 30.5 Å². The number of nitrogens with one attached hydrogen (secondary N) is 1. The first kappa shape index (κ1) is 11.8. The van der Waals surface area contributed by atoms with Crippen molar-refractivity contribution in [2.45, 2.75) is 6.18 Å². The van der Waals surface area contributed by atoms with Crippen molar-refractivity contribution in [1.82, 2.24) is 4.98 Å². The molecular weight excluding hydrogens is 235 g/mol. The van der Waals surface area contributed by atoms with Gasteiger partial charge in [-0.3, -0.25) is 0 Å². The highest BCUT2D eigenvalue weighted by molar-refractivity contribution is 5.80. The van der Waals surface area contributed by atoms with Crippen LogP contribution < -0.4 is 4.74 Å². The lowest BCUT2D eigenvalue weighted by Gasteiger charge is -2.09. The summed E-state index contributed by atoms with van der Waals surface area (Å²) in [7, 11) is 0. The molecule has 0 aliphatic carbocycles. The van der Waals surface area contributed by atoms with Crippen molar-refractivity contribution >= 4 is 10.9 Å². The van der Waals surface area contributed by atoms with E-state index in [4.69, 9.17) is 4.74 Å². The van der Waals surface area contributed by atoms with E-state index in [2.05, 4.69) is 9.72 Å². The first-order valence-corrected chi connectivity index (χ1v) is 4.89. The van der Waals surface area contributed by atoms with Crippen LogP contribution in [0.4, 0.5) is 13.2 Å². The number of hydrogen-bond acceptors (Lipinski definition) is 2. The Kier molecular flexibility index (Phi) is 3.23. The number of ether oxygens (including phenoxy) is 2. The Balaban J connectivity index is 1.86. The maximum Gasteiger partial charge on any atom is 0.411 e. The van der Waals surface area contributed by atoms with Crippen LogP contribution in [0.1, 0.15) is 0 Å². The van der Waals surface area contributed by atoms with E-state index < -0.39 is 19.6 Å². The van der Waals surface area contributed by atoms with Gasteiger partial charge in [0.05, 0.1) is 0 Å². The SMILES string of the molecule is FC(F)(F)COCOc1ccc2[nH]ccc2c1. The summed E-state index contributed by atoms with van der Waals surface area (Å²) in [5.74, 6) is 0.472. The molecule has 1 N–H and O–H groups in total. The molecule has 1 heterocycles. The average Bonchev–Trinajstić information content (AvgIpc) is 2.70. The Labute approximate surface area is 95.1 Å². The van der Waals surface area contributed by atoms with Gasteiger partial charge in [0.2, 0.25) is 0 Å². The minimum absolute atomic E-state index is 0.421. The van der Waals surface area contributed by atoms with Gasteiger partial charge in [-0.15, -0.1) is 0 Å². The molecule has 0 radical (unpaired) electrons.